The molecular weight excluding hydrogens is 576 g/mol. The van der Waals surface area contributed by atoms with Crippen molar-refractivity contribution < 1.29 is 24.0 Å². The highest BCUT2D eigenvalue weighted by molar-refractivity contribution is 8.01. The summed E-state index contributed by atoms with van der Waals surface area (Å²) in [4.78, 5) is 26.3. The van der Waals surface area contributed by atoms with Gasteiger partial charge < -0.3 is 26.2 Å². The van der Waals surface area contributed by atoms with Gasteiger partial charge in [0.1, 0.15) is 5.75 Å². The predicted molar refractivity (Wildman–Crippen MR) is 178 cm³/mol. The lowest BCUT2D eigenvalue weighted by Gasteiger charge is -2.28. The van der Waals surface area contributed by atoms with Crippen LogP contribution in [0.3, 0.4) is 0 Å². The second kappa shape index (κ2) is 15.2. The van der Waals surface area contributed by atoms with E-state index in [0.717, 1.165) is 31.2 Å². The largest absolute Gasteiger partial charge is 0.508 e. The average Bonchev–Trinajstić information content (AvgIpc) is 3.01. The molecule has 3 aromatic carbocycles. The lowest BCUT2D eigenvalue weighted by molar-refractivity contribution is -0.123. The number of nitrogens with zero attached hydrogens (tertiary/aromatic N) is 1. The van der Waals surface area contributed by atoms with Crippen LogP contribution >= 0.6 is 0 Å². The first-order valence-corrected chi connectivity index (χ1v) is 17.2. The zero-order valence-corrected chi connectivity index (χ0v) is 26.3. The molecule has 2 unspecified atom stereocenters. The number of aliphatic hydroxyl groups is 1. The van der Waals surface area contributed by atoms with Crippen LogP contribution in [-0.2, 0) is 20.9 Å². The van der Waals surface area contributed by atoms with Gasteiger partial charge in [-0.2, -0.15) is 0 Å². The number of hydrogen-bond donors (Lipinski definition) is 5. The lowest BCUT2D eigenvalue weighted by Crippen LogP contribution is -2.53. The van der Waals surface area contributed by atoms with Crippen LogP contribution in [0, 0.1) is 0 Å². The highest BCUT2D eigenvalue weighted by atomic mass is 32.2. The van der Waals surface area contributed by atoms with Crippen molar-refractivity contribution in [1.29, 1.82) is 0 Å². The van der Waals surface area contributed by atoms with E-state index in [2.05, 4.69) is 21.8 Å². The summed E-state index contributed by atoms with van der Waals surface area (Å²) >= 11 is 0. The minimum absolute atomic E-state index is 0.0743. The number of anilines is 2. The molecule has 2 amide bonds. The number of amides is 2. The Labute approximate surface area is 260 Å². The second-order valence-electron chi connectivity index (χ2n) is 11.6. The van der Waals surface area contributed by atoms with Gasteiger partial charge in [-0.3, -0.25) is 13.9 Å². The van der Waals surface area contributed by atoms with Gasteiger partial charge in [0, 0.05) is 34.1 Å². The van der Waals surface area contributed by atoms with Crippen molar-refractivity contribution in [3.63, 3.8) is 0 Å². The molecule has 44 heavy (non-hydrogen) atoms. The fourth-order valence-electron chi connectivity index (χ4n) is 5.47. The van der Waals surface area contributed by atoms with E-state index >= 15 is 0 Å². The van der Waals surface area contributed by atoms with Crippen LogP contribution in [0.25, 0.3) is 0 Å². The molecule has 0 aromatic heterocycles. The molecule has 0 saturated heterocycles. The molecule has 4 atom stereocenters. The molecule has 1 aliphatic carbocycles. The maximum atomic E-state index is 13.6. The first kappa shape index (κ1) is 33.0. The Kier molecular flexibility index (Phi) is 11.4. The number of phenolic OH excluding ortho intramolecular Hbond substituents is 1. The Bertz CT molecular complexity index is 1490. The van der Waals surface area contributed by atoms with Crippen molar-refractivity contribution in [3.05, 3.63) is 90.0 Å². The van der Waals surface area contributed by atoms with E-state index in [-0.39, 0.29) is 24.2 Å². The van der Waals surface area contributed by atoms with Gasteiger partial charge in [0.2, 0.25) is 5.91 Å². The third-order valence-corrected chi connectivity index (χ3v) is 9.06. The Morgan fingerprint density at radius 3 is 2.32 bits per heavy atom. The minimum atomic E-state index is -2.80. The summed E-state index contributed by atoms with van der Waals surface area (Å²) in [6.07, 6.45) is 6.32. The fourth-order valence-corrected chi connectivity index (χ4v) is 6.59. The van der Waals surface area contributed by atoms with Crippen LogP contribution in [0.5, 0.6) is 5.75 Å². The molecule has 1 fully saturated rings. The van der Waals surface area contributed by atoms with Crippen LogP contribution < -0.4 is 20.3 Å². The number of rotatable bonds is 13. The maximum absolute atomic E-state index is 13.6. The first-order valence-electron chi connectivity index (χ1n) is 15.1. The van der Waals surface area contributed by atoms with Crippen molar-refractivity contribution in [2.24, 2.45) is 0 Å². The van der Waals surface area contributed by atoms with E-state index in [1.165, 1.54) is 29.1 Å². The zero-order valence-electron chi connectivity index (χ0n) is 25.4. The minimum Gasteiger partial charge on any atom is -0.508 e. The molecule has 9 nitrogen and oxygen atoms in total. The Balaban J connectivity index is 1.48. The first-order chi connectivity index (χ1) is 21.0. The molecule has 0 radical (unpaired) electrons. The standard InChI is InChI=1S/C34H44N4O5S/c1-24(33(41)36-27-14-8-5-9-15-27)35-23-32(40)31(21-25-11-6-4-7-12-25)37-34(42)26-13-10-16-29(22-26)38(44(2,3)43)28-17-19-30(39)20-18-28/h4,6-7,10-13,16-20,22,24,27,31-32,35,39-40H,2,5,8-9,14-15,21,23H2,1,3H3,(H,36,41)(H,37,42)/t24?,31-,32+,44?/m0/s1. The maximum Gasteiger partial charge on any atom is 0.251 e. The van der Waals surface area contributed by atoms with Crippen molar-refractivity contribution in [3.8, 4) is 5.75 Å². The van der Waals surface area contributed by atoms with Crippen LogP contribution in [0.15, 0.2) is 78.9 Å². The van der Waals surface area contributed by atoms with Crippen LogP contribution in [0.2, 0.25) is 0 Å². The number of nitrogens with one attached hydrogen (secondary N) is 3. The Morgan fingerprint density at radius 2 is 1.66 bits per heavy atom. The van der Waals surface area contributed by atoms with Crippen molar-refractivity contribution in [2.75, 3.05) is 17.1 Å². The number of benzene rings is 3. The normalized spacial score (nSPS) is 17.1. The SMILES string of the molecule is C=S(C)(=O)N(c1ccc(O)cc1)c1cccc(C(=O)N[C@@H](Cc2ccccc2)[C@H](O)CNC(C)C(=O)NC2CCCCC2)c1. The van der Waals surface area contributed by atoms with Gasteiger partial charge in [-0.25, -0.2) is 4.21 Å². The average molecular weight is 621 g/mol. The van der Waals surface area contributed by atoms with Gasteiger partial charge in [-0.1, -0.05) is 55.7 Å². The summed E-state index contributed by atoms with van der Waals surface area (Å²) in [6, 6.07) is 21.6. The van der Waals surface area contributed by atoms with E-state index in [0.29, 0.717) is 23.4 Å². The van der Waals surface area contributed by atoms with Crippen molar-refractivity contribution in [2.45, 2.75) is 69.7 Å². The highest BCUT2D eigenvalue weighted by Gasteiger charge is 2.26. The van der Waals surface area contributed by atoms with Gasteiger partial charge in [-0.05, 0) is 80.1 Å². The van der Waals surface area contributed by atoms with E-state index in [9.17, 15) is 24.0 Å². The van der Waals surface area contributed by atoms with E-state index < -0.39 is 33.8 Å². The number of aliphatic hydroxyl groups excluding tert-OH is 1. The number of carbonyl (C=O) groups excluding carboxylic acids is 2. The van der Waals surface area contributed by atoms with Crippen molar-refractivity contribution >= 4 is 38.8 Å². The fraction of sp³-hybridized carbons (Fsp3) is 0.382. The molecule has 1 aliphatic rings. The summed E-state index contributed by atoms with van der Waals surface area (Å²) in [5.74, 6) is 3.41. The van der Waals surface area contributed by atoms with Crippen LogP contribution in [0.1, 0.15) is 54.9 Å². The Hall–Kier alpha value is -3.86. The number of phenols is 1. The molecule has 0 bridgehead atoms. The molecule has 236 valence electrons. The van der Waals surface area contributed by atoms with E-state index in [1.54, 1.807) is 43.3 Å². The highest BCUT2D eigenvalue weighted by Crippen LogP contribution is 2.30. The monoisotopic (exact) mass is 620 g/mol. The number of hydrogen-bond acceptors (Lipinski definition) is 6. The predicted octanol–water partition coefficient (Wildman–Crippen LogP) is 3.92. The van der Waals surface area contributed by atoms with Crippen molar-refractivity contribution in [1.82, 2.24) is 16.0 Å². The summed E-state index contributed by atoms with van der Waals surface area (Å²) in [7, 11) is -2.80. The van der Waals surface area contributed by atoms with Crippen LogP contribution in [-0.4, -0.2) is 69.1 Å². The molecule has 0 heterocycles. The number of aromatic hydroxyl groups is 1. The van der Waals surface area contributed by atoms with Gasteiger partial charge in [-0.15, -0.1) is 0 Å². The van der Waals surface area contributed by atoms with Gasteiger partial charge >= 0.3 is 0 Å². The zero-order chi connectivity index (χ0) is 31.7. The summed E-state index contributed by atoms with van der Waals surface area (Å²) < 4.78 is 14.7. The molecule has 10 heteroatoms. The molecule has 1 saturated carbocycles. The summed E-state index contributed by atoms with van der Waals surface area (Å²) in [5.41, 5.74) is 2.29. The summed E-state index contributed by atoms with van der Waals surface area (Å²) in [5, 5.41) is 30.2. The molecule has 5 N–H and O–H groups in total. The van der Waals surface area contributed by atoms with E-state index in [1.807, 2.05) is 30.3 Å². The smallest absolute Gasteiger partial charge is 0.251 e. The molecular formula is C34H44N4O5S. The quantitative estimate of drug-likeness (QED) is 0.184. The van der Waals surface area contributed by atoms with Gasteiger partial charge in [0.05, 0.1) is 29.6 Å². The van der Waals surface area contributed by atoms with Crippen LogP contribution in [0.4, 0.5) is 11.4 Å². The third kappa shape index (κ3) is 9.32. The second-order valence-corrected chi connectivity index (χ2v) is 13.9. The summed E-state index contributed by atoms with van der Waals surface area (Å²) in [6.45, 7) is 1.88. The Morgan fingerprint density at radius 1 is 0.977 bits per heavy atom. The third-order valence-electron chi connectivity index (χ3n) is 7.87. The van der Waals surface area contributed by atoms with Gasteiger partial charge in [0.25, 0.3) is 5.91 Å². The molecule has 3 aromatic rings. The number of carbonyl (C=O) groups is 2. The molecule has 0 spiro atoms. The topological polar surface area (TPSA) is 131 Å². The molecule has 4 rings (SSSR count). The molecule has 0 aliphatic heterocycles. The van der Waals surface area contributed by atoms with E-state index in [4.69, 9.17) is 0 Å². The van der Waals surface area contributed by atoms with Gasteiger partial charge in [0.15, 0.2) is 0 Å². The lowest BCUT2D eigenvalue weighted by atomic mass is 9.95.